The highest BCUT2D eigenvalue weighted by atomic mass is 16.4. The third-order valence-corrected chi connectivity index (χ3v) is 2.34. The number of carbonyl (C=O) groups is 1. The minimum absolute atomic E-state index is 0.160. The number of hydrogen-bond donors (Lipinski definition) is 3. The van der Waals surface area contributed by atoms with E-state index in [1.54, 1.807) is 0 Å². The summed E-state index contributed by atoms with van der Waals surface area (Å²) in [6.07, 6.45) is 2.22. The van der Waals surface area contributed by atoms with E-state index in [1.165, 1.54) is 6.33 Å². The molecule has 3 N–H and O–H groups in total. The molecular formula is C13H22N4O2. The highest BCUT2D eigenvalue weighted by molar-refractivity contribution is 5.66. The van der Waals surface area contributed by atoms with E-state index in [-0.39, 0.29) is 11.8 Å². The fourth-order valence-electron chi connectivity index (χ4n) is 1.36. The molecule has 0 unspecified atom stereocenters. The maximum Gasteiger partial charge on any atom is 0.303 e. The molecule has 0 saturated heterocycles. The Labute approximate surface area is 113 Å². The number of nitrogens with zero attached hydrogens (tertiary/aromatic N) is 2. The normalized spacial score (nSPS) is 11.1. The average molecular weight is 266 g/mol. The van der Waals surface area contributed by atoms with Crippen LogP contribution in [0.1, 0.15) is 33.6 Å². The zero-order chi connectivity index (χ0) is 14.3. The lowest BCUT2D eigenvalue weighted by Crippen LogP contribution is -2.19. The van der Waals surface area contributed by atoms with Gasteiger partial charge >= 0.3 is 5.97 Å². The van der Waals surface area contributed by atoms with Gasteiger partial charge < -0.3 is 15.7 Å². The van der Waals surface area contributed by atoms with Gasteiger partial charge in [0.2, 0.25) is 0 Å². The first kappa shape index (κ1) is 15.2. The van der Waals surface area contributed by atoms with E-state index in [9.17, 15) is 4.79 Å². The first-order valence-electron chi connectivity index (χ1n) is 6.38. The van der Waals surface area contributed by atoms with Crippen LogP contribution in [0.15, 0.2) is 12.4 Å². The fourth-order valence-corrected chi connectivity index (χ4v) is 1.36. The van der Waals surface area contributed by atoms with Crippen molar-refractivity contribution in [3.8, 4) is 0 Å². The van der Waals surface area contributed by atoms with E-state index in [2.05, 4.69) is 41.4 Å². The molecule has 0 radical (unpaired) electrons. The van der Waals surface area contributed by atoms with E-state index in [4.69, 9.17) is 5.11 Å². The first-order valence-corrected chi connectivity index (χ1v) is 6.38. The van der Waals surface area contributed by atoms with Crippen LogP contribution in [-0.2, 0) is 4.79 Å². The van der Waals surface area contributed by atoms with Gasteiger partial charge in [-0.15, -0.1) is 0 Å². The molecule has 0 aromatic carbocycles. The molecule has 19 heavy (non-hydrogen) atoms. The summed E-state index contributed by atoms with van der Waals surface area (Å²) in [6, 6.07) is 1.83. The van der Waals surface area contributed by atoms with Crippen LogP contribution in [0.4, 0.5) is 11.6 Å². The number of aromatic nitrogens is 2. The molecule has 0 spiro atoms. The van der Waals surface area contributed by atoms with E-state index < -0.39 is 5.97 Å². The molecule has 0 amide bonds. The number of aliphatic carboxylic acids is 1. The summed E-state index contributed by atoms with van der Waals surface area (Å²) in [6.45, 7) is 7.84. The SMILES string of the molecule is CC(C)(C)CNc1cc(NCCCC(=O)O)ncn1. The maximum atomic E-state index is 10.4. The van der Waals surface area contributed by atoms with Gasteiger partial charge in [0.1, 0.15) is 18.0 Å². The Balaban J connectivity index is 2.41. The van der Waals surface area contributed by atoms with Gasteiger partial charge in [0, 0.05) is 25.6 Å². The van der Waals surface area contributed by atoms with Crippen molar-refractivity contribution < 1.29 is 9.90 Å². The molecule has 0 saturated carbocycles. The van der Waals surface area contributed by atoms with Crippen molar-refractivity contribution in [1.29, 1.82) is 0 Å². The lowest BCUT2D eigenvalue weighted by molar-refractivity contribution is -0.137. The minimum Gasteiger partial charge on any atom is -0.481 e. The molecule has 0 aliphatic rings. The number of carboxylic acid groups (broad SMARTS) is 1. The van der Waals surface area contributed by atoms with Gasteiger partial charge in [0.15, 0.2) is 0 Å². The van der Waals surface area contributed by atoms with Crippen molar-refractivity contribution in [2.45, 2.75) is 33.6 Å². The molecular weight excluding hydrogens is 244 g/mol. The van der Waals surface area contributed by atoms with E-state index in [0.29, 0.717) is 18.8 Å². The molecule has 0 atom stereocenters. The molecule has 0 aliphatic heterocycles. The van der Waals surface area contributed by atoms with E-state index >= 15 is 0 Å². The summed E-state index contributed by atoms with van der Waals surface area (Å²) in [4.78, 5) is 18.6. The van der Waals surface area contributed by atoms with Gasteiger partial charge in [-0.2, -0.15) is 0 Å². The Hall–Kier alpha value is -1.85. The summed E-state index contributed by atoms with van der Waals surface area (Å²) in [7, 11) is 0. The lowest BCUT2D eigenvalue weighted by Gasteiger charge is -2.19. The summed E-state index contributed by atoms with van der Waals surface area (Å²) >= 11 is 0. The quantitative estimate of drug-likeness (QED) is 0.656. The van der Waals surface area contributed by atoms with Crippen LogP contribution in [0, 0.1) is 5.41 Å². The third-order valence-electron chi connectivity index (χ3n) is 2.34. The molecule has 6 heteroatoms. The first-order chi connectivity index (χ1) is 8.87. The van der Waals surface area contributed by atoms with E-state index in [0.717, 1.165) is 12.4 Å². The smallest absolute Gasteiger partial charge is 0.303 e. The number of rotatable bonds is 7. The molecule has 1 aromatic rings. The Morgan fingerprint density at radius 2 is 1.89 bits per heavy atom. The largest absolute Gasteiger partial charge is 0.481 e. The van der Waals surface area contributed by atoms with Gasteiger partial charge in [-0.25, -0.2) is 9.97 Å². The summed E-state index contributed by atoms with van der Waals surface area (Å²) in [5, 5.41) is 14.9. The maximum absolute atomic E-state index is 10.4. The van der Waals surface area contributed by atoms with Crippen molar-refractivity contribution >= 4 is 17.6 Å². The highest BCUT2D eigenvalue weighted by Gasteiger charge is 2.10. The summed E-state index contributed by atoms with van der Waals surface area (Å²) < 4.78 is 0. The molecule has 1 heterocycles. The van der Waals surface area contributed by atoms with Crippen LogP contribution in [0.5, 0.6) is 0 Å². The van der Waals surface area contributed by atoms with Crippen molar-refractivity contribution in [2.75, 3.05) is 23.7 Å². The van der Waals surface area contributed by atoms with Gasteiger partial charge in [-0.1, -0.05) is 20.8 Å². The zero-order valence-corrected chi connectivity index (χ0v) is 11.7. The molecule has 1 aromatic heterocycles. The lowest BCUT2D eigenvalue weighted by atomic mass is 9.97. The Morgan fingerprint density at radius 3 is 2.47 bits per heavy atom. The van der Waals surface area contributed by atoms with Gasteiger partial charge in [-0.05, 0) is 11.8 Å². The van der Waals surface area contributed by atoms with E-state index in [1.807, 2.05) is 6.07 Å². The van der Waals surface area contributed by atoms with Crippen LogP contribution in [0.25, 0.3) is 0 Å². The number of nitrogens with one attached hydrogen (secondary N) is 2. The predicted molar refractivity (Wildman–Crippen MR) is 75.3 cm³/mol. The van der Waals surface area contributed by atoms with Crippen molar-refractivity contribution in [3.63, 3.8) is 0 Å². The predicted octanol–water partition coefficient (Wildman–Crippen LogP) is 2.21. The summed E-state index contributed by atoms with van der Waals surface area (Å²) in [5.41, 5.74) is 0.181. The second-order valence-electron chi connectivity index (χ2n) is 5.63. The topological polar surface area (TPSA) is 87.1 Å². The van der Waals surface area contributed by atoms with Crippen molar-refractivity contribution in [1.82, 2.24) is 9.97 Å². The molecule has 0 aliphatic carbocycles. The van der Waals surface area contributed by atoms with Crippen molar-refractivity contribution in [3.05, 3.63) is 12.4 Å². The minimum atomic E-state index is -0.781. The molecule has 0 fully saturated rings. The molecule has 106 valence electrons. The Morgan fingerprint density at radius 1 is 1.26 bits per heavy atom. The van der Waals surface area contributed by atoms with Crippen LogP contribution < -0.4 is 10.6 Å². The fraction of sp³-hybridized carbons (Fsp3) is 0.615. The van der Waals surface area contributed by atoms with Crippen LogP contribution in [-0.4, -0.2) is 34.1 Å². The second kappa shape index (κ2) is 6.92. The van der Waals surface area contributed by atoms with Crippen LogP contribution in [0.2, 0.25) is 0 Å². The standard InChI is InChI=1S/C13H22N4O2/c1-13(2,3)8-15-11-7-10(16-9-17-11)14-6-4-5-12(18)19/h7,9H,4-6,8H2,1-3H3,(H,18,19)(H2,14,15,16,17). The summed E-state index contributed by atoms with van der Waals surface area (Å²) in [5.74, 6) is 0.694. The molecule has 6 nitrogen and oxygen atoms in total. The van der Waals surface area contributed by atoms with Gasteiger partial charge in [-0.3, -0.25) is 4.79 Å². The van der Waals surface area contributed by atoms with Crippen molar-refractivity contribution in [2.24, 2.45) is 5.41 Å². The van der Waals surface area contributed by atoms with Gasteiger partial charge in [0.05, 0.1) is 0 Å². The highest BCUT2D eigenvalue weighted by Crippen LogP contribution is 2.15. The average Bonchev–Trinajstić information content (AvgIpc) is 2.32. The Bertz CT molecular complexity index is 415. The zero-order valence-electron chi connectivity index (χ0n) is 11.7. The molecule has 0 bridgehead atoms. The number of carboxylic acids is 1. The van der Waals surface area contributed by atoms with Crippen LogP contribution >= 0.6 is 0 Å². The Kier molecular flexibility index (Phi) is 5.54. The molecule has 1 rings (SSSR count). The third kappa shape index (κ3) is 7.23. The number of hydrogen-bond acceptors (Lipinski definition) is 5. The monoisotopic (exact) mass is 266 g/mol. The number of anilines is 2. The second-order valence-corrected chi connectivity index (χ2v) is 5.63. The van der Waals surface area contributed by atoms with Gasteiger partial charge in [0.25, 0.3) is 0 Å². The van der Waals surface area contributed by atoms with Crippen LogP contribution in [0.3, 0.4) is 0 Å².